The molecule has 4 aliphatic rings. The van der Waals surface area contributed by atoms with Gasteiger partial charge >= 0.3 is 11.9 Å². The van der Waals surface area contributed by atoms with Gasteiger partial charge in [0.1, 0.15) is 17.1 Å². The van der Waals surface area contributed by atoms with Crippen molar-refractivity contribution < 1.29 is 24.2 Å². The molecule has 33 heavy (non-hydrogen) atoms. The van der Waals surface area contributed by atoms with Gasteiger partial charge in [0.2, 0.25) is 0 Å². The normalized spacial score (nSPS) is 43.7. The molecule has 3 aliphatic carbocycles. The first-order valence-electron chi connectivity index (χ1n) is 12.7. The number of ether oxygens (including phenoxy) is 2. The molecule has 180 valence electrons. The largest absolute Gasteiger partial charge is 0.487 e. The lowest BCUT2D eigenvalue weighted by Gasteiger charge is -2.68. The fourth-order valence-corrected chi connectivity index (χ4v) is 9.08. The number of carbonyl (C=O) groups is 2. The smallest absolute Gasteiger partial charge is 0.309 e. The fraction of sp³-hybridized carbons (Fsp3) is 0.714. The molecule has 1 aliphatic heterocycles. The number of fused-ring (bicyclic) bond motifs is 6. The molecule has 1 N–H and O–H groups in total. The van der Waals surface area contributed by atoms with Crippen LogP contribution >= 0.6 is 0 Å². The molecule has 5 rings (SSSR count). The molecule has 0 spiro atoms. The van der Waals surface area contributed by atoms with Gasteiger partial charge in [0.05, 0.1) is 5.41 Å². The number of aliphatic carboxylic acids is 1. The average Bonchev–Trinajstić information content (AvgIpc) is 2.71. The van der Waals surface area contributed by atoms with Gasteiger partial charge in [-0.3, -0.25) is 9.59 Å². The van der Waals surface area contributed by atoms with Crippen molar-refractivity contribution in [2.75, 3.05) is 0 Å². The Hall–Kier alpha value is -2.04. The van der Waals surface area contributed by atoms with Crippen molar-refractivity contribution in [2.24, 2.45) is 34.0 Å². The van der Waals surface area contributed by atoms with Crippen molar-refractivity contribution >= 4 is 11.9 Å². The Labute approximate surface area is 197 Å². The molecule has 0 radical (unpaired) electrons. The van der Waals surface area contributed by atoms with Gasteiger partial charge in [-0.25, -0.2) is 0 Å². The molecule has 3 saturated carbocycles. The summed E-state index contributed by atoms with van der Waals surface area (Å²) >= 11 is 0. The van der Waals surface area contributed by atoms with Crippen molar-refractivity contribution in [2.45, 2.75) is 91.6 Å². The van der Waals surface area contributed by atoms with E-state index in [1.807, 2.05) is 25.1 Å². The third kappa shape index (κ3) is 3.17. The Balaban J connectivity index is 1.52. The van der Waals surface area contributed by atoms with E-state index in [2.05, 4.69) is 20.8 Å². The SMILES string of the molecule is CC(=O)Oc1ccc2c(c1)CC1[C@]3(C)CCC4[C@](C)(CCC[C@]4(C)C(=O)O)C3CC[C@]1(C)O2. The summed E-state index contributed by atoms with van der Waals surface area (Å²) in [4.78, 5) is 23.9. The van der Waals surface area contributed by atoms with E-state index in [4.69, 9.17) is 9.47 Å². The predicted octanol–water partition coefficient (Wildman–Crippen LogP) is 6.03. The Morgan fingerprint density at radius 3 is 2.36 bits per heavy atom. The summed E-state index contributed by atoms with van der Waals surface area (Å²) in [5.74, 6) is 1.61. The zero-order valence-electron chi connectivity index (χ0n) is 20.7. The summed E-state index contributed by atoms with van der Waals surface area (Å²) in [6.45, 7) is 10.6. The van der Waals surface area contributed by atoms with Crippen LogP contribution in [-0.2, 0) is 16.0 Å². The first-order chi connectivity index (χ1) is 15.4. The molecule has 0 aromatic heterocycles. The van der Waals surface area contributed by atoms with Crippen LogP contribution in [0, 0.1) is 34.0 Å². The number of carbonyl (C=O) groups excluding carboxylic acids is 1. The second-order valence-electron chi connectivity index (χ2n) is 12.3. The summed E-state index contributed by atoms with van der Waals surface area (Å²) in [5, 5.41) is 10.2. The number of benzene rings is 1. The van der Waals surface area contributed by atoms with Crippen molar-refractivity contribution in [1.82, 2.24) is 0 Å². The standard InChI is InChI=1S/C28H38O5/c1-17(29)32-19-7-8-20-18(15-19)16-23-26(3)13-9-22-25(2,11-6-12-27(22,4)24(30)31)21(26)10-14-28(23,5)33-20/h7-8,15,21-23H,6,9-14,16H2,1-5H3,(H,30,31)/t21?,22?,23?,25-,26-,27+,28+/m1/s1. The molecule has 1 aromatic rings. The van der Waals surface area contributed by atoms with E-state index in [9.17, 15) is 14.7 Å². The highest BCUT2D eigenvalue weighted by Gasteiger charge is 2.67. The minimum Gasteiger partial charge on any atom is -0.487 e. The van der Waals surface area contributed by atoms with Crippen LogP contribution in [0.1, 0.15) is 85.1 Å². The van der Waals surface area contributed by atoms with E-state index in [-0.39, 0.29) is 28.3 Å². The molecule has 5 heteroatoms. The zero-order chi connectivity index (χ0) is 23.8. The van der Waals surface area contributed by atoms with E-state index in [1.54, 1.807) is 0 Å². The minimum absolute atomic E-state index is 0.0413. The number of carboxylic acid groups (broad SMARTS) is 1. The Morgan fingerprint density at radius 1 is 0.970 bits per heavy atom. The van der Waals surface area contributed by atoms with Crippen LogP contribution in [0.4, 0.5) is 0 Å². The first-order valence-corrected chi connectivity index (χ1v) is 12.7. The van der Waals surface area contributed by atoms with Crippen molar-refractivity contribution in [1.29, 1.82) is 0 Å². The highest BCUT2D eigenvalue weighted by atomic mass is 16.5. The molecule has 5 nitrogen and oxygen atoms in total. The number of rotatable bonds is 2. The lowest BCUT2D eigenvalue weighted by molar-refractivity contribution is -0.214. The van der Waals surface area contributed by atoms with E-state index >= 15 is 0 Å². The summed E-state index contributed by atoms with van der Waals surface area (Å²) in [6.07, 6.45) is 7.92. The third-order valence-electron chi connectivity index (χ3n) is 10.6. The fourth-order valence-electron chi connectivity index (χ4n) is 9.08. The van der Waals surface area contributed by atoms with E-state index in [0.717, 1.165) is 62.7 Å². The van der Waals surface area contributed by atoms with Gasteiger partial charge in [-0.2, -0.15) is 0 Å². The zero-order valence-corrected chi connectivity index (χ0v) is 20.7. The topological polar surface area (TPSA) is 72.8 Å². The summed E-state index contributed by atoms with van der Waals surface area (Å²) in [6, 6.07) is 5.73. The van der Waals surface area contributed by atoms with Gasteiger partial charge in [0.25, 0.3) is 0 Å². The first kappa shape index (κ1) is 22.7. The number of carboxylic acids is 1. The monoisotopic (exact) mass is 454 g/mol. The maximum absolute atomic E-state index is 12.4. The van der Waals surface area contributed by atoms with Crippen LogP contribution in [0.25, 0.3) is 0 Å². The number of hydrogen-bond donors (Lipinski definition) is 1. The maximum atomic E-state index is 12.4. The minimum atomic E-state index is -0.621. The maximum Gasteiger partial charge on any atom is 0.309 e. The van der Waals surface area contributed by atoms with Crippen LogP contribution in [0.3, 0.4) is 0 Å². The van der Waals surface area contributed by atoms with Crippen LogP contribution < -0.4 is 9.47 Å². The summed E-state index contributed by atoms with van der Waals surface area (Å²) in [7, 11) is 0. The Kier molecular flexibility index (Phi) is 4.98. The van der Waals surface area contributed by atoms with Crippen molar-refractivity contribution in [3.8, 4) is 11.5 Å². The third-order valence-corrected chi connectivity index (χ3v) is 10.6. The molecule has 1 heterocycles. The van der Waals surface area contributed by atoms with Crippen LogP contribution in [0.5, 0.6) is 11.5 Å². The molecule has 3 fully saturated rings. The van der Waals surface area contributed by atoms with E-state index in [1.165, 1.54) is 6.92 Å². The quantitative estimate of drug-likeness (QED) is 0.436. The predicted molar refractivity (Wildman–Crippen MR) is 125 cm³/mol. The number of esters is 1. The molecule has 0 bridgehead atoms. The highest BCUT2D eigenvalue weighted by Crippen LogP contribution is 2.70. The molecule has 0 saturated heterocycles. The second-order valence-corrected chi connectivity index (χ2v) is 12.3. The molecule has 3 unspecified atom stereocenters. The lowest BCUT2D eigenvalue weighted by Crippen LogP contribution is -2.65. The average molecular weight is 455 g/mol. The second kappa shape index (κ2) is 7.23. The van der Waals surface area contributed by atoms with Crippen molar-refractivity contribution in [3.05, 3.63) is 23.8 Å². The van der Waals surface area contributed by atoms with Crippen LogP contribution in [-0.4, -0.2) is 22.6 Å². The molecule has 7 atom stereocenters. The van der Waals surface area contributed by atoms with Gasteiger partial charge in [0.15, 0.2) is 0 Å². The van der Waals surface area contributed by atoms with Crippen LogP contribution in [0.15, 0.2) is 18.2 Å². The van der Waals surface area contributed by atoms with Gasteiger partial charge in [-0.1, -0.05) is 20.3 Å². The summed E-state index contributed by atoms with van der Waals surface area (Å²) < 4.78 is 12.1. The Bertz CT molecular complexity index is 1000. The van der Waals surface area contributed by atoms with Crippen LogP contribution in [0.2, 0.25) is 0 Å². The van der Waals surface area contributed by atoms with Gasteiger partial charge in [-0.05, 0) is 105 Å². The summed E-state index contributed by atoms with van der Waals surface area (Å²) in [5.41, 5.74) is 0.395. The lowest BCUT2D eigenvalue weighted by atomic mass is 9.37. The van der Waals surface area contributed by atoms with E-state index in [0.29, 0.717) is 17.6 Å². The Morgan fingerprint density at radius 2 is 1.67 bits per heavy atom. The van der Waals surface area contributed by atoms with Gasteiger partial charge < -0.3 is 14.6 Å². The molecule has 1 aromatic carbocycles. The van der Waals surface area contributed by atoms with Gasteiger partial charge in [-0.15, -0.1) is 0 Å². The van der Waals surface area contributed by atoms with Crippen molar-refractivity contribution in [3.63, 3.8) is 0 Å². The molecule has 0 amide bonds. The molecular weight excluding hydrogens is 416 g/mol. The highest BCUT2D eigenvalue weighted by molar-refractivity contribution is 5.75. The van der Waals surface area contributed by atoms with E-state index < -0.39 is 11.4 Å². The molecular formula is C28H38O5. The number of hydrogen-bond acceptors (Lipinski definition) is 4. The van der Waals surface area contributed by atoms with Gasteiger partial charge in [0, 0.05) is 12.8 Å².